The third-order valence-corrected chi connectivity index (χ3v) is 4.93. The van der Waals surface area contributed by atoms with E-state index in [4.69, 9.17) is 4.74 Å². The Kier molecular flexibility index (Phi) is 5.27. The highest BCUT2D eigenvalue weighted by atomic mass is 79.9. The molecule has 4 nitrogen and oxygen atoms in total. The van der Waals surface area contributed by atoms with Crippen molar-refractivity contribution in [3.63, 3.8) is 0 Å². The van der Waals surface area contributed by atoms with Crippen molar-refractivity contribution < 1.29 is 14.6 Å². The summed E-state index contributed by atoms with van der Waals surface area (Å²) >= 11 is 3.59. The van der Waals surface area contributed by atoms with E-state index >= 15 is 0 Å². The van der Waals surface area contributed by atoms with Crippen LogP contribution in [-0.2, 0) is 4.79 Å². The van der Waals surface area contributed by atoms with Gasteiger partial charge in [-0.2, -0.15) is 0 Å². The number of hydrogen-bond donors (Lipinski definition) is 1. The van der Waals surface area contributed by atoms with Crippen molar-refractivity contribution in [2.75, 3.05) is 20.2 Å². The Labute approximate surface area is 134 Å². The molecule has 1 saturated heterocycles. The monoisotopic (exact) mass is 355 g/mol. The van der Waals surface area contributed by atoms with Gasteiger partial charge in [0.1, 0.15) is 5.75 Å². The number of rotatable bonds is 4. The van der Waals surface area contributed by atoms with Crippen LogP contribution in [0, 0.1) is 11.8 Å². The van der Waals surface area contributed by atoms with Crippen LogP contribution in [0.5, 0.6) is 5.75 Å². The second-order valence-electron chi connectivity index (χ2n) is 5.89. The average molecular weight is 356 g/mol. The molecule has 1 aliphatic heterocycles. The van der Waals surface area contributed by atoms with E-state index in [1.165, 1.54) is 0 Å². The predicted octanol–water partition coefficient (Wildman–Crippen LogP) is 3.56. The van der Waals surface area contributed by atoms with Gasteiger partial charge in [0.15, 0.2) is 0 Å². The van der Waals surface area contributed by atoms with Crippen LogP contribution >= 0.6 is 15.9 Å². The van der Waals surface area contributed by atoms with E-state index in [1.54, 1.807) is 7.11 Å². The second kappa shape index (κ2) is 6.79. The minimum absolute atomic E-state index is 0.176. The maximum Gasteiger partial charge on any atom is 0.307 e. The van der Waals surface area contributed by atoms with Gasteiger partial charge < -0.3 is 9.84 Å². The van der Waals surface area contributed by atoms with Crippen molar-refractivity contribution in [3.8, 4) is 5.75 Å². The SMILES string of the molecule is COc1ccc(C(C)N2CC(C)CC(C(=O)O)C2)c(Br)c1. The van der Waals surface area contributed by atoms with Crippen molar-refractivity contribution in [2.24, 2.45) is 11.8 Å². The lowest BCUT2D eigenvalue weighted by molar-refractivity contribution is -0.144. The van der Waals surface area contributed by atoms with Gasteiger partial charge >= 0.3 is 5.97 Å². The molecule has 1 fully saturated rings. The van der Waals surface area contributed by atoms with Gasteiger partial charge in [-0.05, 0) is 37.0 Å². The molecule has 1 heterocycles. The summed E-state index contributed by atoms with van der Waals surface area (Å²) in [6, 6.07) is 6.12. The largest absolute Gasteiger partial charge is 0.497 e. The minimum Gasteiger partial charge on any atom is -0.497 e. The maximum atomic E-state index is 11.3. The molecule has 1 aliphatic rings. The zero-order chi connectivity index (χ0) is 15.6. The predicted molar refractivity (Wildman–Crippen MR) is 85.6 cm³/mol. The molecule has 0 spiro atoms. The van der Waals surface area contributed by atoms with E-state index in [1.807, 2.05) is 18.2 Å². The van der Waals surface area contributed by atoms with E-state index in [0.29, 0.717) is 12.5 Å². The van der Waals surface area contributed by atoms with Crippen LogP contribution < -0.4 is 4.74 Å². The summed E-state index contributed by atoms with van der Waals surface area (Å²) in [7, 11) is 1.65. The van der Waals surface area contributed by atoms with Crippen LogP contribution in [0.1, 0.15) is 31.9 Å². The number of methoxy groups -OCH3 is 1. The standard InChI is InChI=1S/C16H22BrNO3/c1-10-6-12(16(19)20)9-18(8-10)11(2)14-5-4-13(21-3)7-15(14)17/h4-5,7,10-12H,6,8-9H2,1-3H3,(H,19,20). The third-order valence-electron chi connectivity index (χ3n) is 4.24. The molecule has 0 radical (unpaired) electrons. The second-order valence-corrected chi connectivity index (χ2v) is 6.75. The smallest absolute Gasteiger partial charge is 0.307 e. The van der Waals surface area contributed by atoms with Crippen molar-refractivity contribution in [2.45, 2.75) is 26.3 Å². The summed E-state index contributed by atoms with van der Waals surface area (Å²) < 4.78 is 6.22. The molecular weight excluding hydrogens is 334 g/mol. The first-order valence-corrected chi connectivity index (χ1v) is 8.02. The zero-order valence-electron chi connectivity index (χ0n) is 12.7. The van der Waals surface area contributed by atoms with Crippen LogP contribution in [0.4, 0.5) is 0 Å². The van der Waals surface area contributed by atoms with Crippen LogP contribution in [-0.4, -0.2) is 36.2 Å². The molecule has 3 atom stereocenters. The number of carbonyl (C=O) groups is 1. The molecule has 1 aromatic rings. The molecule has 0 aliphatic carbocycles. The number of halogens is 1. The highest BCUT2D eigenvalue weighted by Gasteiger charge is 2.32. The van der Waals surface area contributed by atoms with Gasteiger partial charge in [0.2, 0.25) is 0 Å². The molecule has 1 aromatic carbocycles. The van der Waals surface area contributed by atoms with E-state index in [2.05, 4.69) is 34.7 Å². The third kappa shape index (κ3) is 3.77. The highest BCUT2D eigenvalue weighted by Crippen LogP contribution is 2.34. The molecule has 21 heavy (non-hydrogen) atoms. The summed E-state index contributed by atoms with van der Waals surface area (Å²) in [6.07, 6.45) is 0.766. The van der Waals surface area contributed by atoms with Gasteiger partial charge in [0.05, 0.1) is 13.0 Å². The zero-order valence-corrected chi connectivity index (χ0v) is 14.3. The van der Waals surface area contributed by atoms with E-state index < -0.39 is 5.97 Å². The van der Waals surface area contributed by atoms with Crippen molar-refractivity contribution in [1.82, 2.24) is 4.90 Å². The number of nitrogens with zero attached hydrogens (tertiary/aromatic N) is 1. The van der Waals surface area contributed by atoms with Crippen LogP contribution in [0.25, 0.3) is 0 Å². The Morgan fingerprint density at radius 2 is 2.19 bits per heavy atom. The number of ether oxygens (including phenoxy) is 1. The molecule has 1 N–H and O–H groups in total. The quantitative estimate of drug-likeness (QED) is 0.896. The first-order valence-electron chi connectivity index (χ1n) is 7.22. The number of aliphatic carboxylic acids is 1. The van der Waals surface area contributed by atoms with Crippen molar-refractivity contribution >= 4 is 21.9 Å². The number of carboxylic acid groups (broad SMARTS) is 1. The summed E-state index contributed by atoms with van der Waals surface area (Å²) in [5.41, 5.74) is 1.16. The molecule has 0 saturated carbocycles. The maximum absolute atomic E-state index is 11.3. The Hall–Kier alpha value is -1.07. The fourth-order valence-corrected chi connectivity index (χ4v) is 3.75. The summed E-state index contributed by atoms with van der Waals surface area (Å²) in [5, 5.41) is 9.30. The van der Waals surface area contributed by atoms with Crippen molar-refractivity contribution in [3.05, 3.63) is 28.2 Å². The normalized spacial score (nSPS) is 24.6. The fraction of sp³-hybridized carbons (Fsp3) is 0.562. The Bertz CT molecular complexity index is 520. The van der Waals surface area contributed by atoms with E-state index in [-0.39, 0.29) is 12.0 Å². The Morgan fingerprint density at radius 3 is 2.76 bits per heavy atom. The Balaban J connectivity index is 2.18. The van der Waals surface area contributed by atoms with E-state index in [9.17, 15) is 9.90 Å². The topological polar surface area (TPSA) is 49.8 Å². The van der Waals surface area contributed by atoms with Gasteiger partial charge in [0, 0.05) is 23.6 Å². The molecular formula is C16H22BrNO3. The Morgan fingerprint density at radius 1 is 1.48 bits per heavy atom. The number of likely N-dealkylation sites (tertiary alicyclic amines) is 1. The molecule has 0 aromatic heterocycles. The number of carboxylic acids is 1. The summed E-state index contributed by atoms with van der Waals surface area (Å²) in [6.45, 7) is 5.80. The lowest BCUT2D eigenvalue weighted by Crippen LogP contribution is -2.43. The molecule has 116 valence electrons. The number of benzene rings is 1. The van der Waals surface area contributed by atoms with Crippen LogP contribution in [0.15, 0.2) is 22.7 Å². The molecule has 2 rings (SSSR count). The average Bonchev–Trinajstić information content (AvgIpc) is 2.45. The van der Waals surface area contributed by atoms with Crippen LogP contribution in [0.3, 0.4) is 0 Å². The molecule has 0 amide bonds. The first kappa shape index (κ1) is 16.3. The van der Waals surface area contributed by atoms with Gasteiger partial charge in [0.25, 0.3) is 0 Å². The van der Waals surface area contributed by atoms with Crippen LogP contribution in [0.2, 0.25) is 0 Å². The summed E-state index contributed by atoms with van der Waals surface area (Å²) in [5.74, 6) is 0.258. The summed E-state index contributed by atoms with van der Waals surface area (Å²) in [4.78, 5) is 13.6. The first-order chi connectivity index (χ1) is 9.92. The number of hydrogen-bond acceptors (Lipinski definition) is 3. The fourth-order valence-electron chi connectivity index (χ4n) is 3.06. The van der Waals surface area contributed by atoms with E-state index in [0.717, 1.165) is 28.8 Å². The molecule has 0 bridgehead atoms. The highest BCUT2D eigenvalue weighted by molar-refractivity contribution is 9.10. The van der Waals surface area contributed by atoms with Crippen molar-refractivity contribution in [1.29, 1.82) is 0 Å². The lowest BCUT2D eigenvalue weighted by Gasteiger charge is -2.39. The van der Waals surface area contributed by atoms with Gasteiger partial charge in [-0.15, -0.1) is 0 Å². The van der Waals surface area contributed by atoms with Gasteiger partial charge in [-0.1, -0.05) is 28.9 Å². The molecule has 3 unspecified atom stereocenters. The van der Waals surface area contributed by atoms with Gasteiger partial charge in [-0.3, -0.25) is 9.69 Å². The minimum atomic E-state index is -0.687. The number of piperidine rings is 1. The lowest BCUT2D eigenvalue weighted by atomic mass is 9.89. The molecule has 5 heteroatoms. The van der Waals surface area contributed by atoms with Gasteiger partial charge in [-0.25, -0.2) is 0 Å².